The van der Waals surface area contributed by atoms with Crippen LogP contribution in [0.5, 0.6) is 0 Å². The van der Waals surface area contributed by atoms with E-state index >= 15 is 0 Å². The number of amides is 2. The molecule has 0 heterocycles. The van der Waals surface area contributed by atoms with Crippen LogP contribution in [0, 0.1) is 0 Å². The first-order valence-electron chi connectivity index (χ1n) is 6.90. The van der Waals surface area contributed by atoms with Crippen LogP contribution < -0.4 is 16.0 Å². The highest BCUT2D eigenvalue weighted by atomic mass is 16.2. The fourth-order valence-corrected chi connectivity index (χ4v) is 1.78. The molecule has 0 saturated heterocycles. The summed E-state index contributed by atoms with van der Waals surface area (Å²) in [5.41, 5.74) is 7.25. The van der Waals surface area contributed by atoms with Crippen LogP contribution in [0.25, 0.3) is 0 Å². The van der Waals surface area contributed by atoms with Gasteiger partial charge in [-0.1, -0.05) is 25.5 Å². The van der Waals surface area contributed by atoms with E-state index in [4.69, 9.17) is 5.73 Å². The molecule has 5 nitrogen and oxygen atoms in total. The second kappa shape index (κ2) is 8.32. The zero-order valence-corrected chi connectivity index (χ0v) is 12.2. The molecule has 0 saturated carbocycles. The minimum atomic E-state index is -0.332. The van der Waals surface area contributed by atoms with Crippen molar-refractivity contribution in [2.24, 2.45) is 5.73 Å². The molecule has 0 aromatic heterocycles. The van der Waals surface area contributed by atoms with Gasteiger partial charge in [0.25, 0.3) is 0 Å². The number of rotatable bonds is 7. The van der Waals surface area contributed by atoms with E-state index in [1.165, 1.54) is 23.3 Å². The molecule has 0 fully saturated rings. The van der Waals surface area contributed by atoms with Gasteiger partial charge < -0.3 is 16.0 Å². The fraction of sp³-hybridized carbons (Fsp3) is 0.467. The highest BCUT2D eigenvalue weighted by molar-refractivity contribution is 5.96. The van der Waals surface area contributed by atoms with Crippen molar-refractivity contribution < 1.29 is 9.59 Å². The van der Waals surface area contributed by atoms with E-state index < -0.39 is 0 Å². The number of nitrogens with two attached hydrogens (primary N) is 1. The number of carbonyl (C=O) groups excluding carboxylic acids is 2. The summed E-state index contributed by atoms with van der Waals surface area (Å²) in [5.74, 6) is -0.505. The van der Waals surface area contributed by atoms with Crippen LogP contribution in [-0.2, 0) is 16.0 Å². The monoisotopic (exact) mass is 277 g/mol. The van der Waals surface area contributed by atoms with Crippen LogP contribution in [0.15, 0.2) is 24.3 Å². The van der Waals surface area contributed by atoms with E-state index in [1.807, 2.05) is 24.3 Å². The first kappa shape index (κ1) is 16.2. The van der Waals surface area contributed by atoms with Gasteiger partial charge in [0.05, 0.1) is 13.1 Å². The maximum absolute atomic E-state index is 11.9. The Balaban J connectivity index is 2.55. The zero-order valence-electron chi connectivity index (χ0n) is 12.2. The van der Waals surface area contributed by atoms with Crippen LogP contribution in [0.2, 0.25) is 0 Å². The molecule has 110 valence electrons. The normalized spacial score (nSPS) is 10.2. The second-order valence-electron chi connectivity index (χ2n) is 4.70. The van der Waals surface area contributed by atoms with Crippen molar-refractivity contribution >= 4 is 17.5 Å². The molecule has 2 amide bonds. The first-order chi connectivity index (χ1) is 9.58. The Hall–Kier alpha value is -1.88. The maximum Gasteiger partial charge on any atom is 0.246 e. The lowest BCUT2D eigenvalue weighted by atomic mass is 10.1. The Bertz CT molecular complexity index is 443. The number of unbranched alkanes of at least 4 members (excludes halogenated alkanes) is 1. The maximum atomic E-state index is 11.9. The molecule has 20 heavy (non-hydrogen) atoms. The Morgan fingerprint density at radius 1 is 1.25 bits per heavy atom. The molecule has 1 aromatic carbocycles. The van der Waals surface area contributed by atoms with E-state index in [1.54, 1.807) is 7.05 Å². The lowest BCUT2D eigenvalue weighted by Crippen LogP contribution is -2.40. The van der Waals surface area contributed by atoms with E-state index in [2.05, 4.69) is 12.2 Å². The van der Waals surface area contributed by atoms with Gasteiger partial charge in [0.2, 0.25) is 11.8 Å². The largest absolute Gasteiger partial charge is 0.346 e. The molecule has 1 aromatic rings. The molecular weight excluding hydrogens is 254 g/mol. The second-order valence-corrected chi connectivity index (χ2v) is 4.70. The van der Waals surface area contributed by atoms with Crippen molar-refractivity contribution in [1.82, 2.24) is 5.32 Å². The molecule has 0 spiro atoms. The van der Waals surface area contributed by atoms with Crippen molar-refractivity contribution in [3.8, 4) is 0 Å². The molecule has 0 aliphatic carbocycles. The molecule has 0 bridgehead atoms. The average molecular weight is 277 g/mol. The minimum Gasteiger partial charge on any atom is -0.346 e. The SMILES string of the molecule is CCCCc1ccc(N(C)C(=O)CNC(=O)CN)cc1. The van der Waals surface area contributed by atoms with Gasteiger partial charge >= 0.3 is 0 Å². The van der Waals surface area contributed by atoms with Gasteiger partial charge in [-0.2, -0.15) is 0 Å². The predicted molar refractivity (Wildman–Crippen MR) is 80.5 cm³/mol. The summed E-state index contributed by atoms with van der Waals surface area (Å²) in [6.07, 6.45) is 3.39. The summed E-state index contributed by atoms with van der Waals surface area (Å²) >= 11 is 0. The lowest BCUT2D eigenvalue weighted by Gasteiger charge is -2.18. The number of anilines is 1. The molecule has 5 heteroatoms. The van der Waals surface area contributed by atoms with Crippen LogP contribution >= 0.6 is 0 Å². The molecule has 0 atom stereocenters. The summed E-state index contributed by atoms with van der Waals surface area (Å²) in [4.78, 5) is 24.4. The van der Waals surface area contributed by atoms with Gasteiger partial charge in [0, 0.05) is 12.7 Å². The number of nitrogens with zero attached hydrogens (tertiary/aromatic N) is 1. The topological polar surface area (TPSA) is 75.4 Å². The summed E-state index contributed by atoms with van der Waals surface area (Å²) in [6.45, 7) is 2.02. The quantitative estimate of drug-likeness (QED) is 0.782. The number of nitrogens with one attached hydrogen (secondary N) is 1. The molecule has 0 aliphatic heterocycles. The average Bonchev–Trinajstić information content (AvgIpc) is 2.49. The van der Waals surface area contributed by atoms with E-state index in [0.29, 0.717) is 0 Å². The van der Waals surface area contributed by atoms with Crippen molar-refractivity contribution in [1.29, 1.82) is 0 Å². The van der Waals surface area contributed by atoms with Gasteiger partial charge in [0.1, 0.15) is 0 Å². The van der Waals surface area contributed by atoms with Gasteiger partial charge in [-0.25, -0.2) is 0 Å². The van der Waals surface area contributed by atoms with E-state index in [0.717, 1.165) is 12.1 Å². The van der Waals surface area contributed by atoms with Crippen molar-refractivity contribution in [2.75, 3.05) is 25.0 Å². The lowest BCUT2D eigenvalue weighted by molar-refractivity contribution is -0.124. The standard InChI is InChI=1S/C15H23N3O2/c1-3-4-5-12-6-8-13(9-7-12)18(2)15(20)11-17-14(19)10-16/h6-9H,3-5,10-11,16H2,1-2H3,(H,17,19). The zero-order chi connectivity index (χ0) is 15.0. The van der Waals surface area contributed by atoms with Gasteiger partial charge in [-0.15, -0.1) is 0 Å². The van der Waals surface area contributed by atoms with E-state index in [9.17, 15) is 9.59 Å². The molecule has 0 radical (unpaired) electrons. The smallest absolute Gasteiger partial charge is 0.246 e. The van der Waals surface area contributed by atoms with Gasteiger partial charge in [0.15, 0.2) is 0 Å². The van der Waals surface area contributed by atoms with E-state index in [-0.39, 0.29) is 24.9 Å². The predicted octanol–water partition coefficient (Wildman–Crippen LogP) is 1.07. The van der Waals surface area contributed by atoms with Gasteiger partial charge in [-0.05, 0) is 30.5 Å². The highest BCUT2D eigenvalue weighted by Crippen LogP contribution is 2.15. The Morgan fingerprint density at radius 3 is 2.45 bits per heavy atom. The Labute approximate surface area is 120 Å². The highest BCUT2D eigenvalue weighted by Gasteiger charge is 2.11. The van der Waals surface area contributed by atoms with Crippen LogP contribution in [0.1, 0.15) is 25.3 Å². The molecule has 0 aliphatic rings. The third kappa shape index (κ3) is 5.01. The molecule has 0 unspecified atom stereocenters. The number of hydrogen-bond acceptors (Lipinski definition) is 3. The van der Waals surface area contributed by atoms with Crippen molar-refractivity contribution in [3.05, 3.63) is 29.8 Å². The van der Waals surface area contributed by atoms with Crippen LogP contribution in [-0.4, -0.2) is 32.0 Å². The number of benzene rings is 1. The number of aryl methyl sites for hydroxylation is 1. The Morgan fingerprint density at radius 2 is 1.90 bits per heavy atom. The molecular formula is C15H23N3O2. The number of carbonyl (C=O) groups is 2. The summed E-state index contributed by atoms with van der Waals surface area (Å²) < 4.78 is 0. The van der Waals surface area contributed by atoms with Crippen molar-refractivity contribution in [2.45, 2.75) is 26.2 Å². The van der Waals surface area contributed by atoms with Crippen molar-refractivity contribution in [3.63, 3.8) is 0 Å². The van der Waals surface area contributed by atoms with Gasteiger partial charge in [-0.3, -0.25) is 9.59 Å². The summed E-state index contributed by atoms with van der Waals surface area (Å²) in [5, 5.41) is 2.47. The Kier molecular flexibility index (Phi) is 6.73. The summed E-state index contributed by atoms with van der Waals surface area (Å²) in [7, 11) is 1.69. The van der Waals surface area contributed by atoms with Crippen LogP contribution in [0.3, 0.4) is 0 Å². The number of likely N-dealkylation sites (N-methyl/N-ethyl adjacent to an activating group) is 1. The first-order valence-corrected chi connectivity index (χ1v) is 6.90. The third-order valence-electron chi connectivity index (χ3n) is 3.14. The fourth-order valence-electron chi connectivity index (χ4n) is 1.78. The molecule has 3 N–H and O–H groups in total. The number of hydrogen-bond donors (Lipinski definition) is 2. The molecule has 1 rings (SSSR count). The minimum absolute atomic E-state index is 0.0376. The third-order valence-corrected chi connectivity index (χ3v) is 3.14. The summed E-state index contributed by atoms with van der Waals surface area (Å²) in [6, 6.07) is 7.92. The van der Waals surface area contributed by atoms with Crippen LogP contribution in [0.4, 0.5) is 5.69 Å².